The van der Waals surface area contributed by atoms with Crippen LogP contribution in [-0.2, 0) is 0 Å². The number of para-hydroxylation sites is 4. The largest absolute Gasteiger partial charge is 0.456 e. The number of benzene rings is 8. The molecule has 0 N–H and O–H groups in total. The minimum Gasteiger partial charge on any atom is -0.456 e. The Labute approximate surface area is 336 Å². The number of hydrogen-bond donors (Lipinski definition) is 0. The molecule has 0 aliphatic carbocycles. The molecule has 6 heteroatoms. The maximum Gasteiger partial charge on any atom is 0.162 e. The quantitative estimate of drug-likeness (QED) is 0.168. The molecule has 6 nitrogen and oxygen atoms in total. The molecule has 0 bridgehead atoms. The van der Waals surface area contributed by atoms with E-state index < -0.39 is 0 Å². The first-order valence-corrected chi connectivity index (χ1v) is 19.9. The van der Waals surface area contributed by atoms with Crippen molar-refractivity contribution >= 4 is 82.2 Å². The number of pyridine rings is 1. The number of rotatable bonds is 4. The van der Waals surface area contributed by atoms with Gasteiger partial charge in [-0.2, -0.15) is 0 Å². The van der Waals surface area contributed by atoms with E-state index in [0.717, 1.165) is 94.1 Å². The van der Waals surface area contributed by atoms with E-state index in [-0.39, 0.29) is 0 Å². The fraction of sp³-hybridized carbons (Fsp3) is 0. The molecular formula is C53H31N5O. The summed E-state index contributed by atoms with van der Waals surface area (Å²) in [6.07, 6.45) is 0. The molecule has 13 rings (SSSR count). The van der Waals surface area contributed by atoms with Crippen molar-refractivity contribution in [2.75, 3.05) is 0 Å². The van der Waals surface area contributed by atoms with Crippen molar-refractivity contribution in [1.29, 1.82) is 0 Å². The first-order valence-electron chi connectivity index (χ1n) is 19.9. The zero-order valence-electron chi connectivity index (χ0n) is 31.5. The average molecular weight is 754 g/mol. The minimum atomic E-state index is 0.658. The monoisotopic (exact) mass is 753 g/mol. The number of nitrogens with zero attached hydrogens (tertiary/aromatic N) is 5. The van der Waals surface area contributed by atoms with Gasteiger partial charge in [-0.05, 0) is 89.3 Å². The Bertz CT molecular complexity index is 3840. The molecule has 0 radical (unpaired) electrons. The standard InChI is InChI=1S/C53H31N5O/c1-3-13-32(14-4-1)51-55-50(49-38-18-7-8-19-39(38)52-54-43-20-10-12-22-46(43)58(52)53(49)56-51)35-25-28-48-42(31-35)41-30-34(24-27-47(41)59-48)33-23-26-45-40(29-33)37-17-9-11-21-44(37)57(45)36-15-5-2-6-16-36/h1-31H. The summed E-state index contributed by atoms with van der Waals surface area (Å²) in [7, 11) is 0. The second-order valence-corrected chi connectivity index (χ2v) is 15.2. The number of aromatic nitrogens is 5. The molecule has 59 heavy (non-hydrogen) atoms. The van der Waals surface area contributed by atoms with Crippen molar-refractivity contribution in [2.24, 2.45) is 0 Å². The van der Waals surface area contributed by atoms with Crippen LogP contribution in [0.1, 0.15) is 0 Å². The third-order valence-corrected chi connectivity index (χ3v) is 11.9. The second-order valence-electron chi connectivity index (χ2n) is 15.2. The van der Waals surface area contributed by atoms with Crippen LogP contribution in [0.2, 0.25) is 0 Å². The van der Waals surface area contributed by atoms with E-state index in [4.69, 9.17) is 19.4 Å². The summed E-state index contributed by atoms with van der Waals surface area (Å²) in [5.74, 6) is 0.658. The maximum absolute atomic E-state index is 6.51. The lowest BCUT2D eigenvalue weighted by atomic mass is 9.98. The van der Waals surface area contributed by atoms with Crippen molar-refractivity contribution in [3.63, 3.8) is 0 Å². The summed E-state index contributed by atoms with van der Waals surface area (Å²) in [6, 6.07) is 66.0. The van der Waals surface area contributed by atoms with Crippen LogP contribution in [0.5, 0.6) is 0 Å². The van der Waals surface area contributed by atoms with Gasteiger partial charge in [-0.25, -0.2) is 15.0 Å². The highest BCUT2D eigenvalue weighted by atomic mass is 16.3. The third kappa shape index (κ3) is 4.71. The fourth-order valence-electron chi connectivity index (χ4n) is 9.21. The fourth-order valence-corrected chi connectivity index (χ4v) is 9.21. The number of hydrogen-bond acceptors (Lipinski definition) is 4. The lowest BCUT2D eigenvalue weighted by Gasteiger charge is -2.14. The summed E-state index contributed by atoms with van der Waals surface area (Å²) in [5.41, 5.74) is 13.9. The van der Waals surface area contributed by atoms with Crippen LogP contribution in [0.25, 0.3) is 122 Å². The van der Waals surface area contributed by atoms with Gasteiger partial charge >= 0.3 is 0 Å². The number of imidazole rings is 1. The van der Waals surface area contributed by atoms with Gasteiger partial charge in [-0.3, -0.25) is 4.40 Å². The lowest BCUT2D eigenvalue weighted by Crippen LogP contribution is -2.01. The second kappa shape index (κ2) is 12.2. The lowest BCUT2D eigenvalue weighted by molar-refractivity contribution is 0.669. The van der Waals surface area contributed by atoms with E-state index in [1.807, 2.05) is 24.3 Å². The molecule has 5 aromatic heterocycles. The first kappa shape index (κ1) is 32.0. The van der Waals surface area contributed by atoms with Gasteiger partial charge in [0.25, 0.3) is 0 Å². The van der Waals surface area contributed by atoms with Crippen molar-refractivity contribution in [3.05, 3.63) is 188 Å². The van der Waals surface area contributed by atoms with Crippen molar-refractivity contribution in [2.45, 2.75) is 0 Å². The Morgan fingerprint density at radius 2 is 0.966 bits per heavy atom. The molecule has 13 aromatic rings. The number of furan rings is 1. The Morgan fingerprint density at radius 1 is 0.373 bits per heavy atom. The zero-order valence-corrected chi connectivity index (χ0v) is 31.5. The topological polar surface area (TPSA) is 61.2 Å². The smallest absolute Gasteiger partial charge is 0.162 e. The molecule has 274 valence electrons. The van der Waals surface area contributed by atoms with Crippen LogP contribution in [-0.4, -0.2) is 23.9 Å². The summed E-state index contributed by atoms with van der Waals surface area (Å²) < 4.78 is 11.1. The van der Waals surface area contributed by atoms with Crippen molar-refractivity contribution < 1.29 is 4.42 Å². The molecular weight excluding hydrogens is 723 g/mol. The van der Waals surface area contributed by atoms with Gasteiger partial charge in [0.05, 0.1) is 33.1 Å². The van der Waals surface area contributed by atoms with E-state index in [1.165, 1.54) is 21.8 Å². The third-order valence-electron chi connectivity index (χ3n) is 11.9. The Balaban J connectivity index is 1.04. The van der Waals surface area contributed by atoms with Gasteiger partial charge in [0.15, 0.2) is 11.5 Å². The summed E-state index contributed by atoms with van der Waals surface area (Å²) in [6.45, 7) is 0. The van der Waals surface area contributed by atoms with E-state index in [9.17, 15) is 0 Å². The molecule has 0 aliphatic heterocycles. The number of fused-ring (bicyclic) bond motifs is 14. The van der Waals surface area contributed by atoms with Crippen LogP contribution < -0.4 is 0 Å². The van der Waals surface area contributed by atoms with Crippen LogP contribution in [0.3, 0.4) is 0 Å². The highest BCUT2D eigenvalue weighted by Crippen LogP contribution is 2.41. The molecule has 0 spiro atoms. The minimum absolute atomic E-state index is 0.658. The van der Waals surface area contributed by atoms with Gasteiger partial charge in [0.2, 0.25) is 0 Å². The molecule has 0 saturated heterocycles. The molecule has 0 unspecified atom stereocenters. The molecule has 0 atom stereocenters. The van der Waals surface area contributed by atoms with Crippen LogP contribution in [0, 0.1) is 0 Å². The molecule has 0 saturated carbocycles. The van der Waals surface area contributed by atoms with Gasteiger partial charge in [0, 0.05) is 43.7 Å². The highest BCUT2D eigenvalue weighted by molar-refractivity contribution is 6.18. The van der Waals surface area contributed by atoms with E-state index in [1.54, 1.807) is 0 Å². The molecule has 0 aliphatic rings. The van der Waals surface area contributed by atoms with Gasteiger partial charge < -0.3 is 8.98 Å². The van der Waals surface area contributed by atoms with Gasteiger partial charge in [-0.1, -0.05) is 115 Å². The SMILES string of the molecule is c1ccc(-c2nc(-c3ccc4oc5ccc(-c6ccc7c(c6)c6ccccc6n7-c6ccccc6)cc5c4c3)c3c4ccccc4c4nc5ccccc5n4c3n2)cc1. The first-order chi connectivity index (χ1) is 29.2. The summed E-state index contributed by atoms with van der Waals surface area (Å²) in [5, 5.41) is 7.63. The Morgan fingerprint density at radius 3 is 1.76 bits per heavy atom. The van der Waals surface area contributed by atoms with Crippen molar-refractivity contribution in [1.82, 2.24) is 23.9 Å². The summed E-state index contributed by atoms with van der Waals surface area (Å²) >= 11 is 0. The van der Waals surface area contributed by atoms with Gasteiger partial charge in [-0.15, -0.1) is 0 Å². The molecule has 0 fully saturated rings. The normalized spacial score (nSPS) is 12.1. The average Bonchev–Trinajstić information content (AvgIpc) is 3.98. The Kier molecular flexibility index (Phi) is 6.63. The van der Waals surface area contributed by atoms with E-state index >= 15 is 0 Å². The molecule has 0 amide bonds. The molecule has 5 heterocycles. The van der Waals surface area contributed by atoms with Crippen molar-refractivity contribution in [3.8, 4) is 39.5 Å². The Hall–Kier alpha value is -8.09. The highest BCUT2D eigenvalue weighted by Gasteiger charge is 2.22. The molecule has 8 aromatic carbocycles. The van der Waals surface area contributed by atoms with Crippen LogP contribution in [0.4, 0.5) is 0 Å². The zero-order chi connectivity index (χ0) is 38.6. The maximum atomic E-state index is 6.51. The van der Waals surface area contributed by atoms with Gasteiger partial charge in [0.1, 0.15) is 16.8 Å². The predicted molar refractivity (Wildman–Crippen MR) is 241 cm³/mol. The van der Waals surface area contributed by atoms with E-state index in [2.05, 4.69) is 173 Å². The van der Waals surface area contributed by atoms with E-state index in [0.29, 0.717) is 5.82 Å². The van der Waals surface area contributed by atoms with Crippen LogP contribution >= 0.6 is 0 Å². The summed E-state index contributed by atoms with van der Waals surface area (Å²) in [4.78, 5) is 15.9. The van der Waals surface area contributed by atoms with Crippen LogP contribution in [0.15, 0.2) is 192 Å². The predicted octanol–water partition coefficient (Wildman–Crippen LogP) is 13.6.